The van der Waals surface area contributed by atoms with E-state index < -0.39 is 0 Å². The predicted octanol–water partition coefficient (Wildman–Crippen LogP) is 3.72. The summed E-state index contributed by atoms with van der Waals surface area (Å²) < 4.78 is 1.92. The third-order valence-electron chi connectivity index (χ3n) is 5.01. The van der Waals surface area contributed by atoms with Crippen LogP contribution in [0.2, 0.25) is 5.02 Å². The molecule has 0 bridgehead atoms. The normalized spacial score (nSPS) is 24.9. The van der Waals surface area contributed by atoms with Crippen LogP contribution >= 0.6 is 11.6 Å². The van der Waals surface area contributed by atoms with E-state index in [1.807, 2.05) is 11.7 Å². The molecular weight excluding hydrogens is 270 g/mol. The number of rotatable bonds is 5. The van der Waals surface area contributed by atoms with Gasteiger partial charge in [-0.25, -0.2) is 0 Å². The third kappa shape index (κ3) is 3.37. The Labute approximate surface area is 127 Å². The molecule has 114 valence electrons. The Morgan fingerprint density at radius 1 is 1.30 bits per heavy atom. The van der Waals surface area contributed by atoms with E-state index in [-0.39, 0.29) is 6.04 Å². The maximum Gasteiger partial charge on any atom is 0.0850 e. The topological polar surface area (TPSA) is 43.8 Å². The van der Waals surface area contributed by atoms with Gasteiger partial charge in [0, 0.05) is 19.5 Å². The molecule has 0 aliphatic heterocycles. The number of nitrogens with two attached hydrogens (primary N) is 1. The van der Waals surface area contributed by atoms with Gasteiger partial charge in [0.2, 0.25) is 0 Å². The van der Waals surface area contributed by atoms with Crippen molar-refractivity contribution in [1.29, 1.82) is 0 Å². The Morgan fingerprint density at radius 2 is 1.95 bits per heavy atom. The van der Waals surface area contributed by atoms with Crippen molar-refractivity contribution < 1.29 is 0 Å². The Morgan fingerprint density at radius 3 is 2.45 bits per heavy atom. The predicted molar refractivity (Wildman–Crippen MR) is 85.0 cm³/mol. The molecule has 1 aromatic rings. The highest BCUT2D eigenvalue weighted by Gasteiger charge is 2.26. The fraction of sp³-hybridized carbons (Fsp3) is 0.812. The van der Waals surface area contributed by atoms with E-state index in [2.05, 4.69) is 18.9 Å². The average Bonchev–Trinajstić information content (AvgIpc) is 2.74. The molecule has 2 N–H and O–H groups in total. The molecule has 1 aliphatic rings. The molecule has 0 amide bonds. The Balaban J connectivity index is 1.98. The SMILES string of the molecule is CCc1nn(C)c(CC(N)C2CCC(CC)CC2)c1Cl. The molecule has 1 atom stereocenters. The summed E-state index contributed by atoms with van der Waals surface area (Å²) in [6.45, 7) is 4.39. The van der Waals surface area contributed by atoms with Crippen LogP contribution in [0.15, 0.2) is 0 Å². The minimum absolute atomic E-state index is 0.213. The van der Waals surface area contributed by atoms with E-state index in [1.54, 1.807) is 0 Å². The number of aromatic nitrogens is 2. The van der Waals surface area contributed by atoms with Gasteiger partial charge in [0.25, 0.3) is 0 Å². The maximum absolute atomic E-state index is 6.46. The van der Waals surface area contributed by atoms with E-state index >= 15 is 0 Å². The van der Waals surface area contributed by atoms with E-state index in [0.717, 1.165) is 35.2 Å². The van der Waals surface area contributed by atoms with Crippen molar-refractivity contribution in [1.82, 2.24) is 9.78 Å². The molecule has 0 aromatic carbocycles. The molecule has 0 spiro atoms. The molecule has 1 fully saturated rings. The lowest BCUT2D eigenvalue weighted by atomic mass is 9.77. The van der Waals surface area contributed by atoms with E-state index in [1.165, 1.54) is 32.1 Å². The van der Waals surface area contributed by atoms with Crippen LogP contribution in [0.1, 0.15) is 57.3 Å². The van der Waals surface area contributed by atoms with Gasteiger partial charge in [-0.15, -0.1) is 0 Å². The third-order valence-corrected chi connectivity index (χ3v) is 5.44. The van der Waals surface area contributed by atoms with E-state index in [0.29, 0.717) is 5.92 Å². The summed E-state index contributed by atoms with van der Waals surface area (Å²) in [5.74, 6) is 1.57. The minimum Gasteiger partial charge on any atom is -0.327 e. The molecule has 3 nitrogen and oxygen atoms in total. The Bertz CT molecular complexity index is 433. The van der Waals surface area contributed by atoms with Crippen LogP contribution in [0.25, 0.3) is 0 Å². The zero-order valence-corrected chi connectivity index (χ0v) is 13.8. The molecule has 1 unspecified atom stereocenters. The number of hydrogen-bond acceptors (Lipinski definition) is 2. The van der Waals surface area contributed by atoms with Crippen LogP contribution in [0, 0.1) is 11.8 Å². The second-order valence-corrected chi connectivity index (χ2v) is 6.62. The standard InChI is InChI=1S/C16H28ClN3/c1-4-11-6-8-12(9-7-11)13(18)10-15-16(17)14(5-2)19-20(15)3/h11-13H,4-10,18H2,1-3H3. The summed E-state index contributed by atoms with van der Waals surface area (Å²) in [6.07, 6.45) is 8.27. The number of halogens is 1. The Hall–Kier alpha value is -0.540. The molecule has 1 aliphatic carbocycles. The molecule has 1 heterocycles. The number of hydrogen-bond donors (Lipinski definition) is 1. The summed E-state index contributed by atoms with van der Waals surface area (Å²) in [5, 5.41) is 5.31. The van der Waals surface area contributed by atoms with Crippen LogP contribution in [0.4, 0.5) is 0 Å². The summed E-state index contributed by atoms with van der Waals surface area (Å²) in [4.78, 5) is 0. The van der Waals surface area contributed by atoms with Crippen LogP contribution in [-0.4, -0.2) is 15.8 Å². The highest BCUT2D eigenvalue weighted by Crippen LogP contribution is 2.33. The van der Waals surface area contributed by atoms with Crippen molar-refractivity contribution in [3.8, 4) is 0 Å². The van der Waals surface area contributed by atoms with Crippen molar-refractivity contribution in [2.75, 3.05) is 0 Å². The maximum atomic E-state index is 6.46. The Kier molecular flexibility index (Phi) is 5.50. The van der Waals surface area contributed by atoms with Gasteiger partial charge >= 0.3 is 0 Å². The fourth-order valence-electron chi connectivity index (χ4n) is 3.46. The van der Waals surface area contributed by atoms with Gasteiger partial charge in [-0.1, -0.05) is 44.7 Å². The molecule has 1 aromatic heterocycles. The van der Waals surface area contributed by atoms with E-state index in [4.69, 9.17) is 17.3 Å². The molecule has 4 heteroatoms. The first-order valence-electron chi connectivity index (χ1n) is 8.02. The van der Waals surface area contributed by atoms with Crippen LogP contribution < -0.4 is 5.73 Å². The molecule has 0 saturated heterocycles. The number of aryl methyl sites for hydroxylation is 2. The highest BCUT2D eigenvalue weighted by atomic mass is 35.5. The van der Waals surface area contributed by atoms with Crippen molar-refractivity contribution in [2.24, 2.45) is 24.6 Å². The van der Waals surface area contributed by atoms with Crippen molar-refractivity contribution in [3.05, 3.63) is 16.4 Å². The summed E-state index contributed by atoms with van der Waals surface area (Å²) >= 11 is 6.42. The average molecular weight is 298 g/mol. The summed E-state index contributed by atoms with van der Waals surface area (Å²) in [5.41, 5.74) is 8.55. The van der Waals surface area contributed by atoms with Crippen LogP contribution in [0.5, 0.6) is 0 Å². The lowest BCUT2D eigenvalue weighted by Crippen LogP contribution is -2.35. The second-order valence-electron chi connectivity index (χ2n) is 6.24. The molecule has 0 radical (unpaired) electrons. The highest BCUT2D eigenvalue weighted by molar-refractivity contribution is 6.31. The van der Waals surface area contributed by atoms with Crippen molar-refractivity contribution in [3.63, 3.8) is 0 Å². The van der Waals surface area contributed by atoms with Gasteiger partial charge < -0.3 is 5.73 Å². The van der Waals surface area contributed by atoms with Crippen molar-refractivity contribution >= 4 is 11.6 Å². The number of nitrogens with zero attached hydrogens (tertiary/aromatic N) is 2. The van der Waals surface area contributed by atoms with Crippen LogP contribution in [0.3, 0.4) is 0 Å². The largest absolute Gasteiger partial charge is 0.327 e. The zero-order valence-electron chi connectivity index (χ0n) is 13.0. The second kappa shape index (κ2) is 6.95. The molecule has 2 rings (SSSR count). The molecule has 1 saturated carbocycles. The minimum atomic E-state index is 0.213. The van der Waals surface area contributed by atoms with Crippen LogP contribution in [-0.2, 0) is 19.9 Å². The lowest BCUT2D eigenvalue weighted by Gasteiger charge is -2.31. The lowest BCUT2D eigenvalue weighted by molar-refractivity contribution is 0.236. The van der Waals surface area contributed by atoms with Gasteiger partial charge in [-0.05, 0) is 31.1 Å². The first kappa shape index (κ1) is 15.8. The van der Waals surface area contributed by atoms with Gasteiger partial charge in [0.15, 0.2) is 0 Å². The monoisotopic (exact) mass is 297 g/mol. The van der Waals surface area contributed by atoms with Gasteiger partial charge in [-0.2, -0.15) is 5.10 Å². The van der Waals surface area contributed by atoms with Gasteiger partial charge in [0.1, 0.15) is 0 Å². The smallest absolute Gasteiger partial charge is 0.0850 e. The first-order chi connectivity index (χ1) is 9.56. The van der Waals surface area contributed by atoms with Gasteiger partial charge in [0.05, 0.1) is 16.4 Å². The van der Waals surface area contributed by atoms with E-state index in [9.17, 15) is 0 Å². The quantitative estimate of drug-likeness (QED) is 0.900. The fourth-order valence-corrected chi connectivity index (χ4v) is 3.83. The summed E-state index contributed by atoms with van der Waals surface area (Å²) in [7, 11) is 1.97. The summed E-state index contributed by atoms with van der Waals surface area (Å²) in [6, 6.07) is 0.213. The van der Waals surface area contributed by atoms with Gasteiger partial charge in [-0.3, -0.25) is 4.68 Å². The zero-order chi connectivity index (χ0) is 14.7. The first-order valence-corrected chi connectivity index (χ1v) is 8.40. The van der Waals surface area contributed by atoms with Crippen molar-refractivity contribution in [2.45, 2.75) is 64.8 Å². The molecule has 20 heavy (non-hydrogen) atoms. The molecular formula is C16H28ClN3.